The van der Waals surface area contributed by atoms with Gasteiger partial charge in [0.05, 0.1) is 21.2 Å². The van der Waals surface area contributed by atoms with Crippen molar-refractivity contribution in [2.45, 2.75) is 4.90 Å². The zero-order valence-corrected chi connectivity index (χ0v) is 14.6. The highest BCUT2D eigenvalue weighted by atomic mass is 35.5. The van der Waals surface area contributed by atoms with E-state index in [2.05, 4.69) is 11.9 Å². The summed E-state index contributed by atoms with van der Waals surface area (Å²) in [5.74, 6) is -0.347. The molecule has 0 aliphatic heterocycles. The molecule has 0 radical (unpaired) electrons. The summed E-state index contributed by atoms with van der Waals surface area (Å²) >= 11 is 6.14. The molecule has 0 saturated heterocycles. The molecule has 0 atom stereocenters. The van der Waals surface area contributed by atoms with Gasteiger partial charge in [-0.1, -0.05) is 35.9 Å². The molecule has 2 aromatic carbocycles. The van der Waals surface area contributed by atoms with E-state index in [-0.39, 0.29) is 21.4 Å². The summed E-state index contributed by atoms with van der Waals surface area (Å²) in [6, 6.07) is 12.6. The first kappa shape index (κ1) is 18.0. The maximum Gasteiger partial charge on any atom is 0.264 e. The van der Waals surface area contributed by atoms with E-state index >= 15 is 0 Å². The van der Waals surface area contributed by atoms with Crippen LogP contribution in [0, 0.1) is 0 Å². The van der Waals surface area contributed by atoms with Crippen LogP contribution in [0.3, 0.4) is 0 Å². The molecule has 1 N–H and O–H groups in total. The highest BCUT2D eigenvalue weighted by molar-refractivity contribution is 7.92. The lowest BCUT2D eigenvalue weighted by Gasteiger charge is -2.20. The first-order chi connectivity index (χ1) is 11.4. The van der Waals surface area contributed by atoms with Crippen molar-refractivity contribution < 1.29 is 13.2 Å². The zero-order chi connectivity index (χ0) is 17.7. The fourth-order valence-corrected chi connectivity index (χ4v) is 3.50. The average molecular weight is 365 g/mol. The number of hydrogen-bond donors (Lipinski definition) is 1. The molecule has 24 heavy (non-hydrogen) atoms. The molecule has 126 valence electrons. The topological polar surface area (TPSA) is 66.5 Å². The molecule has 2 rings (SSSR count). The van der Waals surface area contributed by atoms with E-state index in [0.717, 1.165) is 4.31 Å². The van der Waals surface area contributed by atoms with Crippen LogP contribution in [0.2, 0.25) is 5.02 Å². The maximum atomic E-state index is 12.6. The van der Waals surface area contributed by atoms with E-state index in [1.807, 2.05) is 0 Å². The van der Waals surface area contributed by atoms with Gasteiger partial charge in [-0.15, -0.1) is 6.58 Å². The van der Waals surface area contributed by atoms with Crippen molar-refractivity contribution in [3.05, 3.63) is 71.8 Å². The van der Waals surface area contributed by atoms with Gasteiger partial charge >= 0.3 is 0 Å². The molecule has 7 heteroatoms. The molecule has 0 saturated carbocycles. The number of sulfonamides is 1. The van der Waals surface area contributed by atoms with Gasteiger partial charge in [-0.25, -0.2) is 8.42 Å². The van der Waals surface area contributed by atoms with E-state index in [4.69, 9.17) is 11.6 Å². The number of halogens is 1. The Morgan fingerprint density at radius 3 is 2.50 bits per heavy atom. The van der Waals surface area contributed by atoms with Gasteiger partial charge in [-0.3, -0.25) is 9.10 Å². The van der Waals surface area contributed by atoms with Crippen molar-refractivity contribution in [3.63, 3.8) is 0 Å². The summed E-state index contributed by atoms with van der Waals surface area (Å²) in [6.45, 7) is 3.84. The second-order valence-corrected chi connectivity index (χ2v) is 7.32. The minimum Gasteiger partial charge on any atom is -0.349 e. The Kier molecular flexibility index (Phi) is 5.64. The molecule has 2 aromatic rings. The van der Waals surface area contributed by atoms with Crippen molar-refractivity contribution >= 4 is 33.2 Å². The maximum absolute atomic E-state index is 12.6. The SMILES string of the molecule is C=CCNC(=O)c1ccc(N(C)S(=O)(=O)c2ccccc2)cc1Cl. The quantitative estimate of drug-likeness (QED) is 0.801. The van der Waals surface area contributed by atoms with Crippen LogP contribution < -0.4 is 9.62 Å². The Labute approximate surface area is 146 Å². The Balaban J connectivity index is 2.31. The molecule has 0 spiro atoms. The lowest BCUT2D eigenvalue weighted by Crippen LogP contribution is -2.27. The van der Waals surface area contributed by atoms with Crippen LogP contribution in [0.5, 0.6) is 0 Å². The van der Waals surface area contributed by atoms with Gasteiger partial charge in [0.1, 0.15) is 0 Å². The lowest BCUT2D eigenvalue weighted by atomic mass is 10.2. The third-order valence-electron chi connectivity index (χ3n) is 3.37. The third-order valence-corrected chi connectivity index (χ3v) is 5.48. The average Bonchev–Trinajstić information content (AvgIpc) is 2.59. The second kappa shape index (κ2) is 7.51. The number of anilines is 1. The van der Waals surface area contributed by atoms with Crippen molar-refractivity contribution in [2.24, 2.45) is 0 Å². The van der Waals surface area contributed by atoms with Crippen LogP contribution in [-0.4, -0.2) is 27.9 Å². The summed E-state index contributed by atoms with van der Waals surface area (Å²) in [4.78, 5) is 12.1. The number of nitrogens with zero attached hydrogens (tertiary/aromatic N) is 1. The predicted octanol–water partition coefficient (Wildman–Crippen LogP) is 3.08. The molecule has 0 aliphatic carbocycles. The van der Waals surface area contributed by atoms with Crippen molar-refractivity contribution in [2.75, 3.05) is 17.9 Å². The van der Waals surface area contributed by atoms with Gasteiger partial charge in [0.25, 0.3) is 15.9 Å². The number of rotatable bonds is 6. The molecule has 1 amide bonds. The van der Waals surface area contributed by atoms with Crippen LogP contribution in [-0.2, 0) is 10.0 Å². The van der Waals surface area contributed by atoms with Crippen molar-refractivity contribution in [1.82, 2.24) is 5.32 Å². The van der Waals surface area contributed by atoms with Crippen molar-refractivity contribution in [3.8, 4) is 0 Å². The molecule has 0 aromatic heterocycles. The fourth-order valence-electron chi connectivity index (χ4n) is 2.03. The highest BCUT2D eigenvalue weighted by Crippen LogP contribution is 2.27. The molecular formula is C17H17ClN2O3S. The van der Waals surface area contributed by atoms with Gasteiger partial charge < -0.3 is 5.32 Å². The second-order valence-electron chi connectivity index (χ2n) is 4.95. The van der Waals surface area contributed by atoms with E-state index < -0.39 is 10.0 Å². The molecule has 0 heterocycles. The smallest absolute Gasteiger partial charge is 0.264 e. The number of nitrogens with one attached hydrogen (secondary N) is 1. The number of hydrogen-bond acceptors (Lipinski definition) is 3. The van der Waals surface area contributed by atoms with Gasteiger partial charge in [-0.05, 0) is 30.3 Å². The first-order valence-corrected chi connectivity index (χ1v) is 8.92. The Morgan fingerprint density at radius 2 is 1.92 bits per heavy atom. The molecule has 0 bridgehead atoms. The lowest BCUT2D eigenvalue weighted by molar-refractivity contribution is 0.0958. The summed E-state index contributed by atoms with van der Waals surface area (Å²) in [6.07, 6.45) is 1.56. The summed E-state index contributed by atoms with van der Waals surface area (Å²) in [5, 5.41) is 2.79. The molecule has 0 unspecified atom stereocenters. The number of carbonyl (C=O) groups is 1. The van der Waals surface area contributed by atoms with Crippen LogP contribution in [0.15, 0.2) is 66.1 Å². The summed E-state index contributed by atoms with van der Waals surface area (Å²) in [5.41, 5.74) is 0.636. The first-order valence-electron chi connectivity index (χ1n) is 7.10. The van der Waals surface area contributed by atoms with Gasteiger partial charge in [-0.2, -0.15) is 0 Å². The van der Waals surface area contributed by atoms with Crippen LogP contribution in [0.1, 0.15) is 10.4 Å². The van der Waals surface area contributed by atoms with Gasteiger partial charge in [0.2, 0.25) is 0 Å². The van der Waals surface area contributed by atoms with E-state index in [0.29, 0.717) is 12.2 Å². The normalized spacial score (nSPS) is 10.9. The third kappa shape index (κ3) is 3.77. The predicted molar refractivity (Wildman–Crippen MR) is 96.0 cm³/mol. The number of amides is 1. The Morgan fingerprint density at radius 1 is 1.25 bits per heavy atom. The summed E-state index contributed by atoms with van der Waals surface area (Å²) < 4.78 is 26.3. The zero-order valence-electron chi connectivity index (χ0n) is 13.1. The molecule has 0 aliphatic rings. The van der Waals surface area contributed by atoms with Gasteiger partial charge in [0, 0.05) is 13.6 Å². The van der Waals surface area contributed by atoms with E-state index in [9.17, 15) is 13.2 Å². The molecule has 5 nitrogen and oxygen atoms in total. The van der Waals surface area contributed by atoms with Crippen LogP contribution in [0.4, 0.5) is 5.69 Å². The fraction of sp³-hybridized carbons (Fsp3) is 0.118. The minimum absolute atomic E-state index is 0.171. The van der Waals surface area contributed by atoms with E-state index in [1.165, 1.54) is 37.4 Å². The Bertz CT molecular complexity index is 851. The van der Waals surface area contributed by atoms with Crippen molar-refractivity contribution in [1.29, 1.82) is 0 Å². The largest absolute Gasteiger partial charge is 0.349 e. The standard InChI is InChI=1S/C17H17ClN2O3S/c1-3-11-19-17(21)15-10-9-13(12-16(15)18)20(2)24(22,23)14-7-5-4-6-8-14/h3-10,12H,1,11H2,2H3,(H,19,21). The van der Waals surface area contributed by atoms with Crippen LogP contribution in [0.25, 0.3) is 0 Å². The molecular weight excluding hydrogens is 348 g/mol. The minimum atomic E-state index is -3.70. The van der Waals surface area contributed by atoms with E-state index in [1.54, 1.807) is 24.3 Å². The monoisotopic (exact) mass is 364 g/mol. The number of carbonyl (C=O) groups excluding carboxylic acids is 1. The summed E-state index contributed by atoms with van der Waals surface area (Å²) in [7, 11) is -2.26. The molecule has 0 fully saturated rings. The highest BCUT2D eigenvalue weighted by Gasteiger charge is 2.22. The van der Waals surface area contributed by atoms with Crippen LogP contribution >= 0.6 is 11.6 Å². The number of benzene rings is 2. The van der Waals surface area contributed by atoms with Gasteiger partial charge in [0.15, 0.2) is 0 Å². The Hall–Kier alpha value is -2.31.